The summed E-state index contributed by atoms with van der Waals surface area (Å²) < 4.78 is 1.27. The highest BCUT2D eigenvalue weighted by Gasteiger charge is 2.34. The zero-order valence-electron chi connectivity index (χ0n) is 11.1. The van der Waals surface area contributed by atoms with E-state index in [0.29, 0.717) is 12.8 Å². The summed E-state index contributed by atoms with van der Waals surface area (Å²) in [5, 5.41) is 27.5. The highest BCUT2D eigenvalue weighted by atomic mass is 16.4. The summed E-state index contributed by atoms with van der Waals surface area (Å²) in [6, 6.07) is -0.349. The second-order valence-corrected chi connectivity index (χ2v) is 5.06. The topological polar surface area (TPSA) is 133 Å². The van der Waals surface area contributed by atoms with Gasteiger partial charge in [-0.3, -0.25) is 14.3 Å². The molecule has 1 aliphatic carbocycles. The number of nitrogens with one attached hydrogen (secondary N) is 1. The SMILES string of the molecule is O=C(O)C=Cc1cn(C2CC(O)C(CO)C2)c(=O)[nH]c1=O. The molecule has 8 nitrogen and oxygen atoms in total. The fourth-order valence-electron chi connectivity index (χ4n) is 2.55. The molecule has 1 aromatic heterocycles. The number of aliphatic hydroxyl groups excluding tert-OH is 2. The lowest BCUT2D eigenvalue weighted by Gasteiger charge is -2.13. The van der Waals surface area contributed by atoms with E-state index in [2.05, 4.69) is 4.98 Å². The van der Waals surface area contributed by atoms with Gasteiger partial charge in [0.15, 0.2) is 0 Å². The number of carboxylic acid groups (broad SMARTS) is 1. The van der Waals surface area contributed by atoms with Crippen molar-refractivity contribution in [1.29, 1.82) is 0 Å². The van der Waals surface area contributed by atoms with Crippen molar-refractivity contribution in [1.82, 2.24) is 9.55 Å². The van der Waals surface area contributed by atoms with Crippen molar-refractivity contribution in [3.8, 4) is 0 Å². The molecule has 1 aromatic rings. The van der Waals surface area contributed by atoms with Gasteiger partial charge in [-0.2, -0.15) is 0 Å². The van der Waals surface area contributed by atoms with E-state index >= 15 is 0 Å². The molecule has 3 unspecified atom stereocenters. The first-order valence-electron chi connectivity index (χ1n) is 6.47. The third-order valence-corrected chi connectivity index (χ3v) is 3.66. The van der Waals surface area contributed by atoms with E-state index in [0.717, 1.165) is 12.2 Å². The smallest absolute Gasteiger partial charge is 0.328 e. The van der Waals surface area contributed by atoms with Gasteiger partial charge in [0.2, 0.25) is 0 Å². The zero-order valence-corrected chi connectivity index (χ0v) is 11.1. The maximum Gasteiger partial charge on any atom is 0.328 e. The Morgan fingerprint density at radius 2 is 2.14 bits per heavy atom. The van der Waals surface area contributed by atoms with Gasteiger partial charge in [-0.25, -0.2) is 9.59 Å². The minimum absolute atomic E-state index is 0.0407. The van der Waals surface area contributed by atoms with E-state index in [1.807, 2.05) is 0 Å². The van der Waals surface area contributed by atoms with Crippen LogP contribution < -0.4 is 11.2 Å². The van der Waals surface area contributed by atoms with E-state index in [9.17, 15) is 19.5 Å². The molecule has 0 bridgehead atoms. The van der Waals surface area contributed by atoms with Gasteiger partial charge in [0, 0.05) is 30.8 Å². The molecule has 0 amide bonds. The number of aliphatic carboxylic acids is 1. The first kappa shape index (κ1) is 15.2. The number of hydrogen-bond donors (Lipinski definition) is 4. The number of rotatable bonds is 4. The van der Waals surface area contributed by atoms with Crippen LogP contribution in [0.25, 0.3) is 6.08 Å². The van der Waals surface area contributed by atoms with E-state index < -0.39 is 23.3 Å². The molecule has 0 saturated heterocycles. The molecule has 21 heavy (non-hydrogen) atoms. The van der Waals surface area contributed by atoms with Crippen LogP contribution in [0.15, 0.2) is 21.9 Å². The molecule has 114 valence electrons. The van der Waals surface area contributed by atoms with Crippen LogP contribution in [0.1, 0.15) is 24.4 Å². The number of aromatic amines is 1. The molecule has 0 radical (unpaired) electrons. The summed E-state index contributed by atoms with van der Waals surface area (Å²) in [5.74, 6) is -1.52. The van der Waals surface area contributed by atoms with E-state index in [1.165, 1.54) is 10.8 Å². The van der Waals surface area contributed by atoms with Crippen molar-refractivity contribution in [2.45, 2.75) is 25.0 Å². The molecular weight excluding hydrogens is 280 g/mol. The van der Waals surface area contributed by atoms with E-state index in [1.54, 1.807) is 0 Å². The molecule has 1 saturated carbocycles. The van der Waals surface area contributed by atoms with Crippen molar-refractivity contribution in [3.63, 3.8) is 0 Å². The second-order valence-electron chi connectivity index (χ2n) is 5.06. The molecule has 8 heteroatoms. The number of H-pyrrole nitrogens is 1. The minimum atomic E-state index is -1.20. The maximum absolute atomic E-state index is 11.8. The molecule has 1 aliphatic rings. The Kier molecular flexibility index (Phi) is 4.39. The predicted molar refractivity (Wildman–Crippen MR) is 72.8 cm³/mol. The summed E-state index contributed by atoms with van der Waals surface area (Å²) in [7, 11) is 0. The van der Waals surface area contributed by atoms with Crippen LogP contribution in [0.5, 0.6) is 0 Å². The van der Waals surface area contributed by atoms with Crippen LogP contribution in [-0.2, 0) is 4.79 Å². The number of aromatic nitrogens is 2. The van der Waals surface area contributed by atoms with Gasteiger partial charge >= 0.3 is 11.7 Å². The molecule has 0 spiro atoms. The van der Waals surface area contributed by atoms with Gasteiger partial charge in [-0.05, 0) is 18.9 Å². The summed E-state index contributed by atoms with van der Waals surface area (Å²) in [5.41, 5.74) is -1.26. The quantitative estimate of drug-likeness (QED) is 0.523. The Morgan fingerprint density at radius 3 is 2.71 bits per heavy atom. The zero-order chi connectivity index (χ0) is 15.6. The Balaban J connectivity index is 2.37. The van der Waals surface area contributed by atoms with Crippen LogP contribution in [0.3, 0.4) is 0 Å². The lowest BCUT2D eigenvalue weighted by molar-refractivity contribution is -0.131. The van der Waals surface area contributed by atoms with Crippen molar-refractivity contribution in [2.75, 3.05) is 6.61 Å². The standard InChI is InChI=1S/C13H16N2O6/c16-6-8-3-9(4-10(8)17)15-5-7(1-2-11(18)19)12(20)14-13(15)21/h1-2,5,8-10,16-17H,3-4,6H2,(H,18,19)(H,14,20,21). The number of carbonyl (C=O) groups is 1. The third kappa shape index (κ3) is 3.29. The van der Waals surface area contributed by atoms with Gasteiger partial charge in [0.05, 0.1) is 11.7 Å². The maximum atomic E-state index is 11.8. The normalized spacial score (nSPS) is 25.5. The average Bonchev–Trinajstić information content (AvgIpc) is 2.78. The van der Waals surface area contributed by atoms with Gasteiger partial charge in [-0.1, -0.05) is 0 Å². The molecule has 3 atom stereocenters. The summed E-state index contributed by atoms with van der Waals surface area (Å²) in [6.07, 6.45) is 3.17. The molecule has 1 fully saturated rings. The Bertz CT molecular complexity index is 674. The van der Waals surface area contributed by atoms with Crippen LogP contribution in [-0.4, -0.2) is 43.6 Å². The summed E-state index contributed by atoms with van der Waals surface area (Å²) >= 11 is 0. The molecule has 1 heterocycles. The van der Waals surface area contributed by atoms with E-state index in [4.69, 9.17) is 10.2 Å². The first-order valence-corrected chi connectivity index (χ1v) is 6.47. The van der Waals surface area contributed by atoms with Crippen LogP contribution in [0.4, 0.5) is 0 Å². The molecule has 4 N–H and O–H groups in total. The van der Waals surface area contributed by atoms with Gasteiger partial charge in [-0.15, -0.1) is 0 Å². The molecule has 0 aromatic carbocycles. The lowest BCUT2D eigenvalue weighted by atomic mass is 10.1. The highest BCUT2D eigenvalue weighted by molar-refractivity contribution is 5.85. The van der Waals surface area contributed by atoms with Crippen molar-refractivity contribution in [2.24, 2.45) is 5.92 Å². The third-order valence-electron chi connectivity index (χ3n) is 3.66. The van der Waals surface area contributed by atoms with Crippen molar-refractivity contribution < 1.29 is 20.1 Å². The highest BCUT2D eigenvalue weighted by Crippen LogP contribution is 2.33. The van der Waals surface area contributed by atoms with Crippen molar-refractivity contribution in [3.05, 3.63) is 38.7 Å². The second kappa shape index (κ2) is 6.06. The predicted octanol–water partition coefficient (Wildman–Crippen LogP) is -1.06. The fraction of sp³-hybridized carbons (Fsp3) is 0.462. The van der Waals surface area contributed by atoms with Crippen LogP contribution >= 0.6 is 0 Å². The van der Waals surface area contributed by atoms with Crippen LogP contribution in [0, 0.1) is 5.92 Å². The number of nitrogens with zero attached hydrogens (tertiary/aromatic N) is 1. The van der Waals surface area contributed by atoms with E-state index in [-0.39, 0.29) is 24.1 Å². The Hall–Kier alpha value is -2.19. The Labute approximate surface area is 119 Å². The Morgan fingerprint density at radius 1 is 1.43 bits per heavy atom. The minimum Gasteiger partial charge on any atom is -0.478 e. The van der Waals surface area contributed by atoms with Crippen molar-refractivity contribution >= 4 is 12.0 Å². The lowest BCUT2D eigenvalue weighted by Crippen LogP contribution is -2.32. The summed E-state index contributed by atoms with van der Waals surface area (Å²) in [6.45, 7) is -0.179. The first-order chi connectivity index (χ1) is 9.92. The average molecular weight is 296 g/mol. The summed E-state index contributed by atoms with van der Waals surface area (Å²) in [4.78, 5) is 36.1. The molecular formula is C13H16N2O6. The number of hydrogen-bond acceptors (Lipinski definition) is 5. The molecule has 0 aliphatic heterocycles. The van der Waals surface area contributed by atoms with Gasteiger partial charge in [0.1, 0.15) is 0 Å². The van der Waals surface area contributed by atoms with Gasteiger partial charge < -0.3 is 15.3 Å². The number of carboxylic acids is 1. The van der Waals surface area contributed by atoms with Gasteiger partial charge in [0.25, 0.3) is 5.56 Å². The monoisotopic (exact) mass is 296 g/mol. The fourth-order valence-corrected chi connectivity index (χ4v) is 2.55. The molecule has 2 rings (SSSR count). The largest absolute Gasteiger partial charge is 0.478 e. The van der Waals surface area contributed by atoms with Crippen LogP contribution in [0.2, 0.25) is 0 Å². The number of aliphatic hydroxyl groups is 2.